The third-order valence-electron chi connectivity index (χ3n) is 3.17. The summed E-state index contributed by atoms with van der Waals surface area (Å²) in [5.74, 6) is 0.720. The van der Waals surface area contributed by atoms with Crippen LogP contribution in [0.4, 0.5) is 0 Å². The fourth-order valence-corrected chi connectivity index (χ4v) is 1.49. The summed E-state index contributed by atoms with van der Waals surface area (Å²) in [7, 11) is 1.91. The average molecular weight is 292 g/mol. The molecule has 118 valence electrons. The first kappa shape index (κ1) is 17.5. The van der Waals surface area contributed by atoms with Crippen LogP contribution in [0.25, 0.3) is 0 Å². The van der Waals surface area contributed by atoms with Gasteiger partial charge in [-0.05, 0) is 50.6 Å². The number of rotatable bonds is 6. The quantitative estimate of drug-likeness (QED) is 0.847. The van der Waals surface area contributed by atoms with Crippen molar-refractivity contribution in [1.82, 2.24) is 10.6 Å². The van der Waals surface area contributed by atoms with Gasteiger partial charge in [-0.25, -0.2) is 0 Å². The Morgan fingerprint density at radius 1 is 1.10 bits per heavy atom. The maximum Gasteiger partial charge on any atom is 0.251 e. The molecular formula is C17H28N2O2. The van der Waals surface area contributed by atoms with E-state index < -0.39 is 0 Å². The predicted octanol–water partition coefficient (Wildman–Crippen LogP) is 2.84. The number of carbonyl (C=O) groups excluding carboxylic acids is 1. The van der Waals surface area contributed by atoms with Crippen LogP contribution in [0.15, 0.2) is 24.3 Å². The van der Waals surface area contributed by atoms with Crippen molar-refractivity contribution < 1.29 is 9.53 Å². The van der Waals surface area contributed by atoms with Crippen LogP contribution in [-0.4, -0.2) is 31.6 Å². The molecule has 0 aromatic heterocycles. The number of benzene rings is 1. The second-order valence-corrected chi connectivity index (χ2v) is 7.19. The summed E-state index contributed by atoms with van der Waals surface area (Å²) in [6, 6.07) is 7.24. The fraction of sp³-hybridized carbons (Fsp3) is 0.588. The molecule has 0 fully saturated rings. The highest BCUT2D eigenvalue weighted by atomic mass is 16.5. The summed E-state index contributed by atoms with van der Waals surface area (Å²) < 4.78 is 5.72. The van der Waals surface area contributed by atoms with E-state index in [-0.39, 0.29) is 16.9 Å². The Balaban J connectivity index is 2.56. The van der Waals surface area contributed by atoms with Crippen molar-refractivity contribution in [3.05, 3.63) is 29.8 Å². The van der Waals surface area contributed by atoms with Crippen molar-refractivity contribution in [3.63, 3.8) is 0 Å². The van der Waals surface area contributed by atoms with E-state index >= 15 is 0 Å². The third kappa shape index (κ3) is 6.63. The van der Waals surface area contributed by atoms with Gasteiger partial charge in [-0.3, -0.25) is 4.79 Å². The molecule has 4 heteroatoms. The smallest absolute Gasteiger partial charge is 0.251 e. The average Bonchev–Trinajstić information content (AvgIpc) is 2.42. The van der Waals surface area contributed by atoms with E-state index in [0.717, 1.165) is 5.75 Å². The molecule has 0 atom stereocenters. The number of amides is 1. The van der Waals surface area contributed by atoms with E-state index in [1.807, 2.05) is 19.2 Å². The maximum atomic E-state index is 12.0. The molecule has 0 heterocycles. The minimum absolute atomic E-state index is 0.0490. The normalized spacial score (nSPS) is 12.1. The summed E-state index contributed by atoms with van der Waals surface area (Å²) in [5, 5.41) is 6.12. The zero-order valence-electron chi connectivity index (χ0n) is 14.0. The van der Waals surface area contributed by atoms with Gasteiger partial charge in [-0.1, -0.05) is 20.8 Å². The van der Waals surface area contributed by atoms with Crippen molar-refractivity contribution in [2.45, 2.75) is 40.2 Å². The molecule has 0 spiro atoms. The molecule has 21 heavy (non-hydrogen) atoms. The van der Waals surface area contributed by atoms with Crippen LogP contribution in [0.3, 0.4) is 0 Å². The Labute approximate surface area is 128 Å². The highest BCUT2D eigenvalue weighted by Gasteiger charge is 2.16. The van der Waals surface area contributed by atoms with Gasteiger partial charge in [0, 0.05) is 17.6 Å². The molecule has 0 aliphatic heterocycles. The first-order valence-corrected chi connectivity index (χ1v) is 7.33. The maximum absolute atomic E-state index is 12.0. The van der Waals surface area contributed by atoms with Crippen molar-refractivity contribution >= 4 is 5.91 Å². The van der Waals surface area contributed by atoms with Crippen molar-refractivity contribution in [3.8, 4) is 5.75 Å². The van der Waals surface area contributed by atoms with Gasteiger partial charge in [0.1, 0.15) is 12.4 Å². The van der Waals surface area contributed by atoms with Gasteiger partial charge < -0.3 is 15.4 Å². The van der Waals surface area contributed by atoms with E-state index in [4.69, 9.17) is 4.74 Å². The molecule has 0 radical (unpaired) electrons. The van der Waals surface area contributed by atoms with Crippen LogP contribution in [0.5, 0.6) is 5.75 Å². The summed E-state index contributed by atoms with van der Waals surface area (Å²) in [5.41, 5.74) is 0.652. The molecule has 1 amide bonds. The van der Waals surface area contributed by atoms with Crippen LogP contribution >= 0.6 is 0 Å². The number of hydrogen-bond acceptors (Lipinski definition) is 3. The summed E-state index contributed by atoms with van der Waals surface area (Å²) in [6.45, 7) is 11.6. The lowest BCUT2D eigenvalue weighted by Gasteiger charge is -2.24. The highest BCUT2D eigenvalue weighted by molar-refractivity contribution is 5.94. The molecule has 0 bridgehead atoms. The van der Waals surface area contributed by atoms with E-state index in [0.29, 0.717) is 18.7 Å². The van der Waals surface area contributed by atoms with E-state index in [1.54, 1.807) is 12.1 Å². The molecule has 1 rings (SSSR count). The minimum atomic E-state index is -0.0806. The Hall–Kier alpha value is -1.55. The zero-order chi connectivity index (χ0) is 16.1. The largest absolute Gasteiger partial charge is 0.492 e. The topological polar surface area (TPSA) is 50.4 Å². The van der Waals surface area contributed by atoms with Gasteiger partial charge in [0.05, 0.1) is 0 Å². The molecule has 0 unspecified atom stereocenters. The Morgan fingerprint density at radius 3 is 2.14 bits per heavy atom. The fourth-order valence-electron chi connectivity index (χ4n) is 1.49. The van der Waals surface area contributed by atoms with Crippen LogP contribution < -0.4 is 15.4 Å². The second-order valence-electron chi connectivity index (χ2n) is 7.19. The molecular weight excluding hydrogens is 264 g/mol. The molecule has 4 nitrogen and oxygen atoms in total. The first-order valence-electron chi connectivity index (χ1n) is 7.33. The number of carbonyl (C=O) groups is 1. The van der Waals surface area contributed by atoms with E-state index in [9.17, 15) is 4.79 Å². The zero-order valence-corrected chi connectivity index (χ0v) is 14.0. The molecule has 0 saturated carbocycles. The van der Waals surface area contributed by atoms with Gasteiger partial charge >= 0.3 is 0 Å². The molecule has 0 aliphatic rings. The summed E-state index contributed by atoms with van der Waals surface area (Å²) >= 11 is 0. The van der Waals surface area contributed by atoms with Crippen LogP contribution in [0.2, 0.25) is 0 Å². The third-order valence-corrected chi connectivity index (χ3v) is 3.17. The monoisotopic (exact) mass is 292 g/mol. The first-order chi connectivity index (χ1) is 9.63. The number of ether oxygens (including phenoxy) is 1. The molecule has 0 saturated heterocycles. The summed E-state index contributed by atoms with van der Waals surface area (Å²) in [6.07, 6.45) is 0. The number of nitrogens with one attached hydrogen (secondary N) is 2. The van der Waals surface area contributed by atoms with Crippen LogP contribution in [0, 0.1) is 5.41 Å². The highest BCUT2D eigenvalue weighted by Crippen LogP contribution is 2.15. The standard InChI is InChI=1S/C17H28N2O2/c1-16(2,3)11-19-15(20)13-7-9-14(10-8-13)21-12-17(4,5)18-6/h7-10,18H,11-12H2,1-6H3,(H,19,20). The van der Waals surface area contributed by atoms with Gasteiger partial charge in [0.2, 0.25) is 0 Å². The molecule has 0 aliphatic carbocycles. The summed E-state index contributed by atoms with van der Waals surface area (Å²) in [4.78, 5) is 12.0. The van der Waals surface area contributed by atoms with E-state index in [1.165, 1.54) is 0 Å². The van der Waals surface area contributed by atoms with Crippen molar-refractivity contribution in [2.24, 2.45) is 5.41 Å². The minimum Gasteiger partial charge on any atom is -0.492 e. The Kier molecular flexibility index (Phi) is 5.78. The SMILES string of the molecule is CNC(C)(C)COc1ccc(C(=O)NCC(C)(C)C)cc1. The Morgan fingerprint density at radius 2 is 1.67 bits per heavy atom. The Bertz CT molecular complexity index is 459. The van der Waals surface area contributed by atoms with Gasteiger partial charge in [0.25, 0.3) is 5.91 Å². The molecule has 1 aromatic rings. The van der Waals surface area contributed by atoms with Crippen molar-refractivity contribution in [2.75, 3.05) is 20.2 Å². The predicted molar refractivity (Wildman–Crippen MR) is 86.9 cm³/mol. The lowest BCUT2D eigenvalue weighted by molar-refractivity contribution is 0.0939. The van der Waals surface area contributed by atoms with Crippen LogP contribution in [0.1, 0.15) is 45.0 Å². The number of likely N-dealkylation sites (N-methyl/N-ethyl adjacent to an activating group) is 1. The van der Waals surface area contributed by atoms with Gasteiger partial charge in [-0.15, -0.1) is 0 Å². The second kappa shape index (κ2) is 6.94. The van der Waals surface area contributed by atoms with E-state index in [2.05, 4.69) is 45.3 Å². The molecule has 2 N–H and O–H groups in total. The van der Waals surface area contributed by atoms with Gasteiger partial charge in [0.15, 0.2) is 0 Å². The molecule has 1 aromatic carbocycles. The lowest BCUT2D eigenvalue weighted by Crippen LogP contribution is -2.42. The van der Waals surface area contributed by atoms with Crippen molar-refractivity contribution in [1.29, 1.82) is 0 Å². The lowest BCUT2D eigenvalue weighted by atomic mass is 9.97. The number of hydrogen-bond donors (Lipinski definition) is 2. The van der Waals surface area contributed by atoms with Gasteiger partial charge in [-0.2, -0.15) is 0 Å². The van der Waals surface area contributed by atoms with Crippen LogP contribution in [-0.2, 0) is 0 Å².